The SMILES string of the molecule is COC(=O)c1cc(N2CCOCC2)cc2c1nc(C)n2-c1ccnc2ccccc12. The molecule has 5 rings (SSSR count). The first-order chi connectivity index (χ1) is 14.7. The number of nitrogens with zero attached hydrogens (tertiary/aromatic N) is 4. The third-order valence-electron chi connectivity index (χ3n) is 5.56. The maximum Gasteiger partial charge on any atom is 0.340 e. The Morgan fingerprint density at radius 2 is 1.93 bits per heavy atom. The number of benzene rings is 2. The van der Waals surface area contributed by atoms with Gasteiger partial charge in [0.15, 0.2) is 0 Å². The van der Waals surface area contributed by atoms with Gasteiger partial charge in [0.05, 0.1) is 42.6 Å². The molecule has 2 aromatic heterocycles. The minimum atomic E-state index is -0.389. The molecule has 0 N–H and O–H groups in total. The molecule has 0 aliphatic carbocycles. The zero-order chi connectivity index (χ0) is 20.7. The number of hydrogen-bond donors (Lipinski definition) is 0. The van der Waals surface area contributed by atoms with Crippen molar-refractivity contribution in [2.24, 2.45) is 0 Å². The second-order valence-corrected chi connectivity index (χ2v) is 7.29. The molecule has 4 aromatic rings. The Balaban J connectivity index is 1.80. The lowest BCUT2D eigenvalue weighted by atomic mass is 10.1. The lowest BCUT2D eigenvalue weighted by Gasteiger charge is -2.29. The molecule has 7 nitrogen and oxygen atoms in total. The van der Waals surface area contributed by atoms with Crippen LogP contribution in [0.1, 0.15) is 16.2 Å². The van der Waals surface area contributed by atoms with Crippen molar-refractivity contribution in [3.05, 3.63) is 60.0 Å². The first-order valence-corrected chi connectivity index (χ1v) is 9.95. The fourth-order valence-electron chi connectivity index (χ4n) is 4.13. The molecule has 0 amide bonds. The number of pyridine rings is 1. The Morgan fingerprint density at radius 1 is 1.13 bits per heavy atom. The van der Waals surface area contributed by atoms with E-state index in [1.54, 1.807) is 6.20 Å². The number of imidazole rings is 1. The van der Waals surface area contributed by atoms with Gasteiger partial charge in [0.2, 0.25) is 0 Å². The maximum absolute atomic E-state index is 12.6. The molecule has 7 heteroatoms. The van der Waals surface area contributed by atoms with Crippen molar-refractivity contribution in [3.63, 3.8) is 0 Å². The van der Waals surface area contributed by atoms with Crippen LogP contribution in [0, 0.1) is 6.92 Å². The summed E-state index contributed by atoms with van der Waals surface area (Å²) in [6.45, 7) is 4.83. The molecule has 30 heavy (non-hydrogen) atoms. The van der Waals surface area contributed by atoms with Gasteiger partial charge < -0.3 is 14.4 Å². The summed E-state index contributed by atoms with van der Waals surface area (Å²) in [4.78, 5) is 24.1. The van der Waals surface area contributed by atoms with E-state index in [9.17, 15) is 4.79 Å². The molecule has 2 aromatic carbocycles. The molecule has 0 unspecified atom stereocenters. The topological polar surface area (TPSA) is 69.5 Å². The van der Waals surface area contributed by atoms with Crippen LogP contribution in [0.4, 0.5) is 5.69 Å². The van der Waals surface area contributed by atoms with E-state index in [0.717, 1.165) is 46.7 Å². The lowest BCUT2D eigenvalue weighted by molar-refractivity contribution is 0.0603. The van der Waals surface area contributed by atoms with Crippen LogP contribution in [0.25, 0.3) is 27.6 Å². The van der Waals surface area contributed by atoms with Gasteiger partial charge in [0.1, 0.15) is 11.3 Å². The van der Waals surface area contributed by atoms with E-state index in [1.807, 2.05) is 37.3 Å². The molecular formula is C23H22N4O3. The second kappa shape index (κ2) is 7.42. The minimum absolute atomic E-state index is 0.389. The average molecular weight is 402 g/mol. The molecule has 1 fully saturated rings. The maximum atomic E-state index is 12.6. The summed E-state index contributed by atoms with van der Waals surface area (Å²) < 4.78 is 12.7. The van der Waals surface area contributed by atoms with E-state index in [1.165, 1.54) is 7.11 Å². The summed E-state index contributed by atoms with van der Waals surface area (Å²) in [6, 6.07) is 14.0. The van der Waals surface area contributed by atoms with Crippen LogP contribution in [0.5, 0.6) is 0 Å². The van der Waals surface area contributed by atoms with Crippen molar-refractivity contribution in [1.82, 2.24) is 14.5 Å². The van der Waals surface area contributed by atoms with Gasteiger partial charge in [-0.05, 0) is 31.2 Å². The normalized spacial score (nSPS) is 14.4. The first-order valence-electron chi connectivity index (χ1n) is 9.95. The summed E-state index contributed by atoms with van der Waals surface area (Å²) in [5, 5.41) is 1.03. The summed E-state index contributed by atoms with van der Waals surface area (Å²) >= 11 is 0. The molecule has 0 bridgehead atoms. The average Bonchev–Trinajstić information content (AvgIpc) is 3.13. The van der Waals surface area contributed by atoms with Crippen molar-refractivity contribution in [2.45, 2.75) is 6.92 Å². The second-order valence-electron chi connectivity index (χ2n) is 7.29. The standard InChI is InChI=1S/C23H22N4O3/c1-15-25-22-18(23(28)29-2)13-16(26-9-11-30-12-10-26)14-21(22)27(15)20-7-8-24-19-6-4-3-5-17(19)20/h3-8,13-14H,9-12H2,1-2H3. The number of methoxy groups -OCH3 is 1. The highest BCUT2D eigenvalue weighted by atomic mass is 16.5. The minimum Gasteiger partial charge on any atom is -0.465 e. The number of aromatic nitrogens is 3. The van der Waals surface area contributed by atoms with Crippen LogP contribution < -0.4 is 4.90 Å². The summed E-state index contributed by atoms with van der Waals surface area (Å²) in [5.74, 6) is 0.407. The zero-order valence-electron chi connectivity index (χ0n) is 17.0. The van der Waals surface area contributed by atoms with Gasteiger partial charge in [-0.25, -0.2) is 9.78 Å². The zero-order valence-corrected chi connectivity index (χ0v) is 17.0. The Labute approximate surface area is 173 Å². The summed E-state index contributed by atoms with van der Waals surface area (Å²) in [6.07, 6.45) is 1.80. The third-order valence-corrected chi connectivity index (χ3v) is 5.56. The van der Waals surface area contributed by atoms with Crippen LogP contribution in [0.3, 0.4) is 0 Å². The van der Waals surface area contributed by atoms with E-state index in [2.05, 4.69) is 26.6 Å². The smallest absolute Gasteiger partial charge is 0.340 e. The highest BCUT2D eigenvalue weighted by Gasteiger charge is 2.22. The van der Waals surface area contributed by atoms with Crippen LogP contribution in [0.2, 0.25) is 0 Å². The Kier molecular flexibility index (Phi) is 4.59. The van der Waals surface area contributed by atoms with Crippen LogP contribution in [-0.2, 0) is 9.47 Å². The van der Waals surface area contributed by atoms with Gasteiger partial charge in [-0.1, -0.05) is 18.2 Å². The van der Waals surface area contributed by atoms with Gasteiger partial charge >= 0.3 is 5.97 Å². The first kappa shape index (κ1) is 18.6. The number of esters is 1. The van der Waals surface area contributed by atoms with E-state index >= 15 is 0 Å². The molecule has 0 atom stereocenters. The van der Waals surface area contributed by atoms with Gasteiger partial charge in [-0.15, -0.1) is 0 Å². The monoisotopic (exact) mass is 402 g/mol. The Morgan fingerprint density at radius 3 is 2.73 bits per heavy atom. The third kappa shape index (κ3) is 2.98. The predicted molar refractivity (Wildman–Crippen MR) is 115 cm³/mol. The molecule has 1 aliphatic heterocycles. The van der Waals surface area contributed by atoms with Crippen LogP contribution in [-0.4, -0.2) is 53.9 Å². The van der Waals surface area contributed by atoms with E-state index in [4.69, 9.17) is 14.5 Å². The van der Waals surface area contributed by atoms with Gasteiger partial charge in [-0.3, -0.25) is 9.55 Å². The van der Waals surface area contributed by atoms with Gasteiger partial charge in [-0.2, -0.15) is 0 Å². The van der Waals surface area contributed by atoms with Gasteiger partial charge in [0.25, 0.3) is 0 Å². The Hall–Kier alpha value is -3.45. The van der Waals surface area contributed by atoms with E-state index in [0.29, 0.717) is 24.3 Å². The van der Waals surface area contributed by atoms with Crippen molar-refractivity contribution < 1.29 is 14.3 Å². The van der Waals surface area contributed by atoms with E-state index < -0.39 is 0 Å². The fourth-order valence-corrected chi connectivity index (χ4v) is 4.13. The summed E-state index contributed by atoms with van der Waals surface area (Å²) in [7, 11) is 1.40. The number of hydrogen-bond acceptors (Lipinski definition) is 6. The lowest BCUT2D eigenvalue weighted by Crippen LogP contribution is -2.36. The molecular weight excluding hydrogens is 380 g/mol. The molecule has 3 heterocycles. The van der Waals surface area contributed by atoms with Crippen LogP contribution >= 0.6 is 0 Å². The molecule has 1 aliphatic rings. The largest absolute Gasteiger partial charge is 0.465 e. The highest BCUT2D eigenvalue weighted by molar-refractivity contribution is 6.05. The molecule has 0 spiro atoms. The number of carbonyl (C=O) groups is 1. The van der Waals surface area contributed by atoms with Crippen molar-refractivity contribution in [1.29, 1.82) is 0 Å². The highest BCUT2D eigenvalue weighted by Crippen LogP contribution is 2.32. The van der Waals surface area contributed by atoms with Crippen molar-refractivity contribution >= 4 is 33.6 Å². The molecule has 0 radical (unpaired) electrons. The number of morpholine rings is 1. The Bertz CT molecular complexity index is 1250. The number of carbonyl (C=O) groups excluding carboxylic acids is 1. The van der Waals surface area contributed by atoms with Gasteiger partial charge in [0, 0.05) is 30.4 Å². The number of rotatable bonds is 3. The number of ether oxygens (including phenoxy) is 2. The quantitative estimate of drug-likeness (QED) is 0.489. The number of fused-ring (bicyclic) bond motifs is 2. The fraction of sp³-hybridized carbons (Fsp3) is 0.261. The molecule has 152 valence electrons. The molecule has 1 saturated heterocycles. The molecule has 0 saturated carbocycles. The van der Waals surface area contributed by atoms with Crippen LogP contribution in [0.15, 0.2) is 48.7 Å². The summed E-state index contributed by atoms with van der Waals surface area (Å²) in [5.41, 5.74) is 4.83. The number of para-hydroxylation sites is 1. The van der Waals surface area contributed by atoms with E-state index in [-0.39, 0.29) is 5.97 Å². The number of anilines is 1. The predicted octanol–water partition coefficient (Wildman–Crippen LogP) is 3.51. The van der Waals surface area contributed by atoms with Crippen molar-refractivity contribution in [2.75, 3.05) is 38.3 Å². The van der Waals surface area contributed by atoms with Crippen molar-refractivity contribution in [3.8, 4) is 5.69 Å². The number of aryl methyl sites for hydroxylation is 1.